The van der Waals surface area contributed by atoms with E-state index >= 15 is 0 Å². The van der Waals surface area contributed by atoms with Crippen LogP contribution >= 0.6 is 11.3 Å². The van der Waals surface area contributed by atoms with Gasteiger partial charge in [-0.15, -0.1) is 11.3 Å². The van der Waals surface area contributed by atoms with Crippen molar-refractivity contribution in [3.05, 3.63) is 41.0 Å². The van der Waals surface area contributed by atoms with Crippen molar-refractivity contribution in [1.29, 1.82) is 0 Å². The normalized spacial score (nSPS) is 17.1. The summed E-state index contributed by atoms with van der Waals surface area (Å²) in [6.45, 7) is 4.92. The van der Waals surface area contributed by atoms with Crippen molar-refractivity contribution < 1.29 is 4.52 Å². The summed E-state index contributed by atoms with van der Waals surface area (Å²) in [5.74, 6) is 2.11. The number of likely N-dealkylation sites (tertiary alicyclic amines) is 1. The van der Waals surface area contributed by atoms with Gasteiger partial charge in [0.1, 0.15) is 0 Å². The van der Waals surface area contributed by atoms with E-state index in [1.807, 2.05) is 18.3 Å². The Hall–Kier alpha value is -1.79. The second-order valence-electron chi connectivity index (χ2n) is 6.03. The maximum atomic E-state index is 5.30. The second kappa shape index (κ2) is 6.37. The Morgan fingerprint density at radius 3 is 2.78 bits per heavy atom. The Balaban J connectivity index is 1.38. The zero-order valence-corrected chi connectivity index (χ0v) is 14.1. The molecule has 1 aliphatic rings. The van der Waals surface area contributed by atoms with Crippen LogP contribution in [0.5, 0.6) is 0 Å². The van der Waals surface area contributed by atoms with Crippen molar-refractivity contribution in [2.75, 3.05) is 13.1 Å². The fourth-order valence-corrected chi connectivity index (χ4v) is 4.23. The first-order chi connectivity index (χ1) is 11.3. The molecule has 1 fully saturated rings. The van der Waals surface area contributed by atoms with Crippen molar-refractivity contribution >= 4 is 21.6 Å². The van der Waals surface area contributed by atoms with Crippen LogP contribution in [0, 0.1) is 0 Å². The van der Waals surface area contributed by atoms with Crippen molar-refractivity contribution in [1.82, 2.24) is 20.0 Å². The lowest BCUT2D eigenvalue weighted by Gasteiger charge is -2.29. The molecular weight excluding hydrogens is 308 g/mol. The van der Waals surface area contributed by atoms with E-state index in [2.05, 4.69) is 39.3 Å². The first-order valence-corrected chi connectivity index (χ1v) is 9.02. The lowest BCUT2D eigenvalue weighted by Crippen LogP contribution is -2.32. The summed E-state index contributed by atoms with van der Waals surface area (Å²) in [7, 11) is 0. The van der Waals surface area contributed by atoms with Crippen molar-refractivity contribution in [3.8, 4) is 0 Å². The molecule has 1 aliphatic heterocycles. The third-order valence-electron chi connectivity index (χ3n) is 4.43. The number of fused-ring (bicyclic) bond motifs is 1. The predicted octanol–water partition coefficient (Wildman–Crippen LogP) is 3.62. The zero-order valence-electron chi connectivity index (χ0n) is 13.2. The van der Waals surface area contributed by atoms with Gasteiger partial charge in [-0.25, -0.2) is 4.98 Å². The number of para-hydroxylation sites is 1. The van der Waals surface area contributed by atoms with Crippen molar-refractivity contribution in [2.45, 2.75) is 38.6 Å². The molecular formula is C17H20N4OS. The molecule has 2 aromatic heterocycles. The average Bonchev–Trinajstić information content (AvgIpc) is 3.21. The molecule has 4 rings (SSSR count). The van der Waals surface area contributed by atoms with E-state index in [1.54, 1.807) is 0 Å². The monoisotopic (exact) mass is 328 g/mol. The largest absolute Gasteiger partial charge is 0.338 e. The molecule has 6 heteroatoms. The molecule has 0 radical (unpaired) electrons. The summed E-state index contributed by atoms with van der Waals surface area (Å²) in [5, 5.41) is 5.25. The molecule has 1 saturated heterocycles. The number of piperidine rings is 1. The SMILES string of the molecule is CCc1noc(CN2CCC(c3nc4ccccc4s3)CC2)n1. The highest BCUT2D eigenvalue weighted by atomic mass is 32.1. The number of nitrogens with zero attached hydrogens (tertiary/aromatic N) is 4. The van der Waals surface area contributed by atoms with Gasteiger partial charge < -0.3 is 4.52 Å². The summed E-state index contributed by atoms with van der Waals surface area (Å²) in [6.07, 6.45) is 3.12. The summed E-state index contributed by atoms with van der Waals surface area (Å²) in [6, 6.07) is 8.41. The van der Waals surface area contributed by atoms with Gasteiger partial charge >= 0.3 is 0 Å². The predicted molar refractivity (Wildman–Crippen MR) is 90.5 cm³/mol. The Bertz CT molecular complexity index is 756. The van der Waals surface area contributed by atoms with Crippen LogP contribution in [0.15, 0.2) is 28.8 Å². The van der Waals surface area contributed by atoms with E-state index in [0.29, 0.717) is 5.92 Å². The second-order valence-corrected chi connectivity index (χ2v) is 7.09. The van der Waals surface area contributed by atoms with Gasteiger partial charge in [-0.3, -0.25) is 4.90 Å². The van der Waals surface area contributed by atoms with E-state index in [-0.39, 0.29) is 0 Å². The molecule has 0 saturated carbocycles. The fourth-order valence-electron chi connectivity index (χ4n) is 3.09. The summed E-state index contributed by atoms with van der Waals surface area (Å²) in [5.41, 5.74) is 1.13. The highest BCUT2D eigenvalue weighted by Crippen LogP contribution is 2.33. The van der Waals surface area contributed by atoms with Crippen LogP contribution in [0.1, 0.15) is 42.4 Å². The first kappa shape index (κ1) is 14.8. The number of hydrogen-bond acceptors (Lipinski definition) is 6. The summed E-state index contributed by atoms with van der Waals surface area (Å²) >= 11 is 1.84. The van der Waals surface area contributed by atoms with Crippen LogP contribution in [-0.2, 0) is 13.0 Å². The quantitative estimate of drug-likeness (QED) is 0.732. The molecule has 3 aromatic rings. The van der Waals surface area contributed by atoms with Crippen molar-refractivity contribution in [3.63, 3.8) is 0 Å². The van der Waals surface area contributed by atoms with Crippen LogP contribution < -0.4 is 0 Å². The van der Waals surface area contributed by atoms with E-state index in [4.69, 9.17) is 9.51 Å². The molecule has 0 unspecified atom stereocenters. The number of benzene rings is 1. The summed E-state index contributed by atoms with van der Waals surface area (Å²) in [4.78, 5) is 11.6. The van der Waals surface area contributed by atoms with E-state index in [0.717, 1.165) is 56.1 Å². The van der Waals surface area contributed by atoms with Gasteiger partial charge in [0, 0.05) is 12.3 Å². The van der Waals surface area contributed by atoms with Gasteiger partial charge in [-0.05, 0) is 38.1 Å². The molecule has 23 heavy (non-hydrogen) atoms. The minimum atomic E-state index is 0.581. The third-order valence-corrected chi connectivity index (χ3v) is 5.63. The Labute approximate surface area is 139 Å². The highest BCUT2D eigenvalue weighted by Gasteiger charge is 2.24. The Kier molecular flexibility index (Phi) is 4.10. The summed E-state index contributed by atoms with van der Waals surface area (Å²) < 4.78 is 6.59. The number of rotatable bonds is 4. The molecule has 0 spiro atoms. The standard InChI is InChI=1S/C17H20N4OS/c1-2-15-19-16(22-20-15)11-21-9-7-12(8-10-21)17-18-13-5-3-4-6-14(13)23-17/h3-6,12H,2,7-11H2,1H3. The molecule has 5 nitrogen and oxygen atoms in total. The minimum Gasteiger partial charge on any atom is -0.338 e. The third kappa shape index (κ3) is 3.14. The minimum absolute atomic E-state index is 0.581. The molecule has 120 valence electrons. The zero-order chi connectivity index (χ0) is 15.6. The van der Waals surface area contributed by atoms with Crippen molar-refractivity contribution in [2.24, 2.45) is 0 Å². The van der Waals surface area contributed by atoms with E-state index in [1.165, 1.54) is 9.71 Å². The topological polar surface area (TPSA) is 55.1 Å². The highest BCUT2D eigenvalue weighted by molar-refractivity contribution is 7.18. The van der Waals surface area contributed by atoms with Gasteiger partial charge in [0.2, 0.25) is 5.89 Å². The molecule has 0 atom stereocenters. The van der Waals surface area contributed by atoms with Crippen LogP contribution in [-0.4, -0.2) is 33.1 Å². The molecule has 0 aliphatic carbocycles. The number of aromatic nitrogens is 3. The molecule has 3 heterocycles. The van der Waals surface area contributed by atoms with E-state index in [9.17, 15) is 0 Å². The average molecular weight is 328 g/mol. The Morgan fingerprint density at radius 2 is 2.04 bits per heavy atom. The molecule has 0 bridgehead atoms. The smallest absolute Gasteiger partial charge is 0.240 e. The molecule has 1 aromatic carbocycles. The number of thiazole rings is 1. The molecule has 0 amide bonds. The Morgan fingerprint density at radius 1 is 1.22 bits per heavy atom. The van der Waals surface area contributed by atoms with Gasteiger partial charge in [0.15, 0.2) is 5.82 Å². The van der Waals surface area contributed by atoms with Crippen LogP contribution in [0.3, 0.4) is 0 Å². The lowest BCUT2D eigenvalue weighted by molar-refractivity contribution is 0.181. The van der Waals surface area contributed by atoms with Gasteiger partial charge in [-0.2, -0.15) is 4.98 Å². The van der Waals surface area contributed by atoms with Crippen LogP contribution in [0.2, 0.25) is 0 Å². The van der Waals surface area contributed by atoms with Crippen LogP contribution in [0.25, 0.3) is 10.2 Å². The number of aryl methyl sites for hydroxylation is 1. The maximum absolute atomic E-state index is 5.30. The maximum Gasteiger partial charge on any atom is 0.240 e. The van der Waals surface area contributed by atoms with E-state index < -0.39 is 0 Å². The first-order valence-electron chi connectivity index (χ1n) is 8.21. The molecule has 0 N–H and O–H groups in total. The fraction of sp³-hybridized carbons (Fsp3) is 0.471. The van der Waals surface area contributed by atoms with Gasteiger partial charge in [-0.1, -0.05) is 24.2 Å². The van der Waals surface area contributed by atoms with Crippen LogP contribution in [0.4, 0.5) is 0 Å². The van der Waals surface area contributed by atoms with Gasteiger partial charge in [0.05, 0.1) is 21.8 Å². The van der Waals surface area contributed by atoms with Gasteiger partial charge in [0.25, 0.3) is 0 Å². The number of hydrogen-bond donors (Lipinski definition) is 0. The lowest BCUT2D eigenvalue weighted by atomic mass is 9.97.